The Morgan fingerprint density at radius 1 is 1.29 bits per heavy atom. The number of hydrogen-bond acceptors (Lipinski definition) is 3. The summed E-state index contributed by atoms with van der Waals surface area (Å²) in [5, 5.41) is 15.5. The molecule has 0 spiro atoms. The van der Waals surface area contributed by atoms with Gasteiger partial charge in [-0.05, 0) is 43.0 Å². The molecule has 0 aromatic carbocycles. The van der Waals surface area contributed by atoms with Crippen LogP contribution in [-0.2, 0) is 0 Å². The van der Waals surface area contributed by atoms with Gasteiger partial charge in [0.25, 0.3) is 0 Å². The van der Waals surface area contributed by atoms with Gasteiger partial charge in [-0.25, -0.2) is 0 Å². The van der Waals surface area contributed by atoms with Crippen LogP contribution in [0.25, 0.3) is 0 Å². The van der Waals surface area contributed by atoms with Crippen molar-refractivity contribution in [1.82, 2.24) is 5.32 Å². The summed E-state index contributed by atoms with van der Waals surface area (Å²) in [5.41, 5.74) is 0. The molecule has 0 bridgehead atoms. The number of rotatable bonds is 4. The third-order valence-corrected chi connectivity index (χ3v) is 4.58. The number of aliphatic hydroxyl groups excluding tert-OH is 1. The van der Waals surface area contributed by atoms with Crippen molar-refractivity contribution in [3.05, 3.63) is 22.4 Å². The Balaban J connectivity index is 1.94. The van der Waals surface area contributed by atoms with Crippen molar-refractivity contribution in [3.8, 4) is 0 Å². The summed E-state index contributed by atoms with van der Waals surface area (Å²) in [5.74, 6) is 0.612. The fourth-order valence-electron chi connectivity index (χ4n) is 2.57. The molecule has 0 saturated heterocycles. The standard InChI is InChI=1S/C14H23NOS/c1-10(2)14(13-4-3-9-17-13)15-11-5-7-12(16)8-6-11/h3-4,9-12,14-16H,5-8H2,1-2H3. The highest BCUT2D eigenvalue weighted by atomic mass is 32.1. The maximum Gasteiger partial charge on any atom is 0.0541 e. The van der Waals surface area contributed by atoms with Crippen LogP contribution < -0.4 is 5.32 Å². The van der Waals surface area contributed by atoms with Crippen LogP contribution in [0.5, 0.6) is 0 Å². The van der Waals surface area contributed by atoms with E-state index in [1.54, 1.807) is 0 Å². The quantitative estimate of drug-likeness (QED) is 0.862. The zero-order valence-corrected chi connectivity index (χ0v) is 11.5. The molecule has 1 heterocycles. The van der Waals surface area contributed by atoms with Crippen LogP contribution in [-0.4, -0.2) is 17.3 Å². The predicted molar refractivity (Wildman–Crippen MR) is 73.3 cm³/mol. The molecule has 1 aliphatic carbocycles. The molecule has 17 heavy (non-hydrogen) atoms. The number of thiophene rings is 1. The molecule has 2 N–H and O–H groups in total. The minimum absolute atomic E-state index is 0.0627. The van der Waals surface area contributed by atoms with Crippen molar-refractivity contribution in [2.24, 2.45) is 5.92 Å². The zero-order chi connectivity index (χ0) is 12.3. The first-order chi connectivity index (χ1) is 8.16. The van der Waals surface area contributed by atoms with E-state index in [0.717, 1.165) is 25.7 Å². The van der Waals surface area contributed by atoms with E-state index in [1.807, 2.05) is 11.3 Å². The monoisotopic (exact) mass is 253 g/mol. The van der Waals surface area contributed by atoms with E-state index >= 15 is 0 Å². The van der Waals surface area contributed by atoms with Gasteiger partial charge < -0.3 is 10.4 Å². The van der Waals surface area contributed by atoms with Gasteiger partial charge in [0.1, 0.15) is 0 Å². The molecule has 96 valence electrons. The van der Waals surface area contributed by atoms with Crippen LogP contribution in [0.15, 0.2) is 17.5 Å². The lowest BCUT2D eigenvalue weighted by Gasteiger charge is -2.31. The Labute approximate surface area is 108 Å². The fourth-order valence-corrected chi connectivity index (χ4v) is 3.53. The van der Waals surface area contributed by atoms with Gasteiger partial charge in [-0.3, -0.25) is 0 Å². The number of hydrogen-bond donors (Lipinski definition) is 2. The number of nitrogens with one attached hydrogen (secondary N) is 1. The van der Waals surface area contributed by atoms with E-state index in [0.29, 0.717) is 18.0 Å². The lowest BCUT2D eigenvalue weighted by atomic mass is 9.91. The van der Waals surface area contributed by atoms with Gasteiger partial charge >= 0.3 is 0 Å². The Morgan fingerprint density at radius 3 is 2.53 bits per heavy atom. The van der Waals surface area contributed by atoms with Crippen molar-refractivity contribution in [1.29, 1.82) is 0 Å². The fraction of sp³-hybridized carbons (Fsp3) is 0.714. The molecular formula is C14H23NOS. The van der Waals surface area contributed by atoms with Crippen molar-refractivity contribution in [2.45, 2.75) is 57.7 Å². The van der Waals surface area contributed by atoms with Gasteiger partial charge in [-0.15, -0.1) is 11.3 Å². The van der Waals surface area contributed by atoms with E-state index in [-0.39, 0.29) is 6.10 Å². The van der Waals surface area contributed by atoms with Crippen LogP contribution in [0.4, 0.5) is 0 Å². The molecule has 1 unspecified atom stereocenters. The SMILES string of the molecule is CC(C)C(NC1CCC(O)CC1)c1cccs1. The van der Waals surface area contributed by atoms with Gasteiger partial charge in [0, 0.05) is 17.0 Å². The minimum atomic E-state index is -0.0627. The highest BCUT2D eigenvalue weighted by molar-refractivity contribution is 7.10. The van der Waals surface area contributed by atoms with Gasteiger partial charge in [-0.1, -0.05) is 19.9 Å². The third-order valence-electron chi connectivity index (χ3n) is 3.63. The summed E-state index contributed by atoms with van der Waals surface area (Å²) in [7, 11) is 0. The summed E-state index contributed by atoms with van der Waals surface area (Å²) >= 11 is 1.84. The first-order valence-corrected chi connectivity index (χ1v) is 7.52. The minimum Gasteiger partial charge on any atom is -0.393 e. The van der Waals surface area contributed by atoms with Crippen LogP contribution in [0.1, 0.15) is 50.4 Å². The first kappa shape index (κ1) is 13.1. The Kier molecular flexibility index (Phi) is 4.60. The number of aliphatic hydroxyl groups is 1. The maximum atomic E-state index is 9.53. The van der Waals surface area contributed by atoms with Gasteiger partial charge in [0.2, 0.25) is 0 Å². The average molecular weight is 253 g/mol. The molecule has 0 aliphatic heterocycles. The van der Waals surface area contributed by atoms with Crippen LogP contribution in [0.3, 0.4) is 0 Å². The Morgan fingerprint density at radius 2 is 2.00 bits per heavy atom. The van der Waals surface area contributed by atoms with E-state index in [4.69, 9.17) is 0 Å². The maximum absolute atomic E-state index is 9.53. The molecule has 0 radical (unpaired) electrons. The molecule has 2 rings (SSSR count). The second-order valence-electron chi connectivity index (χ2n) is 5.41. The second-order valence-corrected chi connectivity index (χ2v) is 6.39. The highest BCUT2D eigenvalue weighted by Crippen LogP contribution is 2.29. The smallest absolute Gasteiger partial charge is 0.0541 e. The average Bonchev–Trinajstić information content (AvgIpc) is 2.81. The second kappa shape index (κ2) is 5.98. The van der Waals surface area contributed by atoms with E-state index in [1.165, 1.54) is 4.88 Å². The molecule has 0 amide bonds. The van der Waals surface area contributed by atoms with E-state index < -0.39 is 0 Å². The summed E-state index contributed by atoms with van der Waals surface area (Å²) < 4.78 is 0. The molecule has 1 aliphatic rings. The van der Waals surface area contributed by atoms with Crippen molar-refractivity contribution in [2.75, 3.05) is 0 Å². The van der Waals surface area contributed by atoms with E-state index in [9.17, 15) is 5.11 Å². The molecule has 1 fully saturated rings. The van der Waals surface area contributed by atoms with Crippen molar-refractivity contribution < 1.29 is 5.11 Å². The van der Waals surface area contributed by atoms with Crippen molar-refractivity contribution >= 4 is 11.3 Å². The molecule has 1 saturated carbocycles. The Bertz CT molecular complexity index is 315. The summed E-state index contributed by atoms with van der Waals surface area (Å²) in [6.45, 7) is 4.55. The summed E-state index contributed by atoms with van der Waals surface area (Å²) in [6.07, 6.45) is 4.05. The van der Waals surface area contributed by atoms with Crippen molar-refractivity contribution in [3.63, 3.8) is 0 Å². The largest absolute Gasteiger partial charge is 0.393 e. The Hall–Kier alpha value is -0.380. The summed E-state index contributed by atoms with van der Waals surface area (Å²) in [4.78, 5) is 1.44. The van der Waals surface area contributed by atoms with Crippen LogP contribution in [0, 0.1) is 5.92 Å². The molecule has 1 aromatic heterocycles. The third kappa shape index (κ3) is 3.54. The molecule has 2 nitrogen and oxygen atoms in total. The molecule has 1 atom stereocenters. The van der Waals surface area contributed by atoms with Gasteiger partial charge in [-0.2, -0.15) is 0 Å². The molecule has 3 heteroatoms. The first-order valence-electron chi connectivity index (χ1n) is 6.64. The summed E-state index contributed by atoms with van der Waals surface area (Å²) in [6, 6.07) is 5.39. The molecule has 1 aromatic rings. The van der Waals surface area contributed by atoms with Gasteiger partial charge in [0.15, 0.2) is 0 Å². The zero-order valence-electron chi connectivity index (χ0n) is 10.7. The predicted octanol–water partition coefficient (Wildman–Crippen LogP) is 3.34. The van der Waals surface area contributed by atoms with Crippen LogP contribution in [0.2, 0.25) is 0 Å². The molecular weight excluding hydrogens is 230 g/mol. The normalized spacial score (nSPS) is 27.3. The van der Waals surface area contributed by atoms with Gasteiger partial charge in [0.05, 0.1) is 6.10 Å². The lowest BCUT2D eigenvalue weighted by Crippen LogP contribution is -2.38. The van der Waals surface area contributed by atoms with Crippen LogP contribution >= 0.6 is 11.3 Å². The highest BCUT2D eigenvalue weighted by Gasteiger charge is 2.24. The van der Waals surface area contributed by atoms with E-state index in [2.05, 4.69) is 36.7 Å². The topological polar surface area (TPSA) is 32.3 Å². The lowest BCUT2D eigenvalue weighted by molar-refractivity contribution is 0.112.